The Bertz CT molecular complexity index is 521. The van der Waals surface area contributed by atoms with E-state index in [4.69, 9.17) is 5.11 Å². The molecule has 1 saturated heterocycles. The third-order valence-electron chi connectivity index (χ3n) is 3.68. The minimum Gasteiger partial charge on any atom is -0.396 e. The molecule has 1 aliphatic rings. The van der Waals surface area contributed by atoms with E-state index >= 15 is 0 Å². The number of urea groups is 1. The molecule has 0 saturated carbocycles. The van der Waals surface area contributed by atoms with Crippen LogP contribution in [-0.4, -0.2) is 40.7 Å². The van der Waals surface area contributed by atoms with Crippen LogP contribution in [-0.2, 0) is 6.54 Å². The molecule has 0 bridgehead atoms. The van der Waals surface area contributed by atoms with Gasteiger partial charge >= 0.3 is 6.03 Å². The summed E-state index contributed by atoms with van der Waals surface area (Å²) >= 11 is 0. The van der Waals surface area contributed by atoms with Gasteiger partial charge in [0.05, 0.1) is 11.5 Å². The molecule has 2 rings (SSSR count). The highest BCUT2D eigenvalue weighted by Gasteiger charge is 2.23. The Morgan fingerprint density at radius 1 is 1.48 bits per heavy atom. The standard InChI is InChI=1S/C14H19N3O4/c18-10-11-4-3-7-16(9-11)14(19)15-8-12-5-1-2-6-13(12)17(20)21/h1-2,5-6,11,18H,3-4,7-10H2,(H,15,19). The van der Waals surface area contributed by atoms with Crippen molar-refractivity contribution in [2.75, 3.05) is 19.7 Å². The summed E-state index contributed by atoms with van der Waals surface area (Å²) in [5, 5.41) is 22.8. The third-order valence-corrected chi connectivity index (χ3v) is 3.68. The van der Waals surface area contributed by atoms with Crippen molar-refractivity contribution in [1.29, 1.82) is 0 Å². The third kappa shape index (κ3) is 3.91. The molecule has 7 heteroatoms. The van der Waals surface area contributed by atoms with Crippen LogP contribution in [0.5, 0.6) is 0 Å². The average Bonchev–Trinajstić information content (AvgIpc) is 2.52. The molecule has 1 fully saturated rings. The second-order valence-electron chi connectivity index (χ2n) is 5.18. The molecular formula is C14H19N3O4. The molecule has 114 valence electrons. The van der Waals surface area contributed by atoms with Gasteiger partial charge in [0.2, 0.25) is 0 Å². The Hall–Kier alpha value is -2.15. The zero-order valence-corrected chi connectivity index (χ0v) is 11.7. The summed E-state index contributed by atoms with van der Waals surface area (Å²) in [5.41, 5.74) is 0.483. The fourth-order valence-electron chi connectivity index (χ4n) is 2.52. The topological polar surface area (TPSA) is 95.7 Å². The second-order valence-corrected chi connectivity index (χ2v) is 5.18. The van der Waals surface area contributed by atoms with Gasteiger partial charge in [0.1, 0.15) is 0 Å². The molecule has 21 heavy (non-hydrogen) atoms. The minimum atomic E-state index is -0.454. The summed E-state index contributed by atoms with van der Waals surface area (Å²) in [7, 11) is 0. The average molecular weight is 293 g/mol. The molecule has 7 nitrogen and oxygen atoms in total. The number of benzene rings is 1. The van der Waals surface area contributed by atoms with Crippen LogP contribution in [0.3, 0.4) is 0 Å². The summed E-state index contributed by atoms with van der Waals surface area (Å²) in [4.78, 5) is 24.2. The number of nitro groups is 1. The van der Waals surface area contributed by atoms with E-state index in [-0.39, 0.29) is 30.8 Å². The van der Waals surface area contributed by atoms with Crippen molar-refractivity contribution >= 4 is 11.7 Å². The van der Waals surface area contributed by atoms with E-state index in [1.807, 2.05) is 0 Å². The zero-order valence-electron chi connectivity index (χ0n) is 11.7. The van der Waals surface area contributed by atoms with Crippen molar-refractivity contribution in [1.82, 2.24) is 10.2 Å². The van der Waals surface area contributed by atoms with Crippen LogP contribution in [0.2, 0.25) is 0 Å². The summed E-state index contributed by atoms with van der Waals surface area (Å²) in [6, 6.07) is 6.11. The van der Waals surface area contributed by atoms with Crippen LogP contribution >= 0.6 is 0 Å². The van der Waals surface area contributed by atoms with Gasteiger partial charge in [-0.05, 0) is 18.8 Å². The summed E-state index contributed by atoms with van der Waals surface area (Å²) < 4.78 is 0. The Morgan fingerprint density at radius 2 is 2.24 bits per heavy atom. The molecule has 0 aliphatic carbocycles. The number of hydrogen-bond donors (Lipinski definition) is 2. The number of hydrogen-bond acceptors (Lipinski definition) is 4. The van der Waals surface area contributed by atoms with Gasteiger partial charge in [-0.2, -0.15) is 0 Å². The Labute approximate surface area is 122 Å². The van der Waals surface area contributed by atoms with Gasteiger partial charge in [0, 0.05) is 31.3 Å². The lowest BCUT2D eigenvalue weighted by molar-refractivity contribution is -0.385. The number of amides is 2. The fraction of sp³-hybridized carbons (Fsp3) is 0.500. The molecule has 1 atom stereocenters. The molecule has 0 radical (unpaired) electrons. The first kappa shape index (κ1) is 15.2. The fourth-order valence-corrected chi connectivity index (χ4v) is 2.52. The molecule has 1 aromatic carbocycles. The zero-order chi connectivity index (χ0) is 15.2. The Balaban J connectivity index is 1.94. The molecule has 2 N–H and O–H groups in total. The quantitative estimate of drug-likeness (QED) is 0.649. The van der Waals surface area contributed by atoms with E-state index in [1.54, 1.807) is 23.1 Å². The van der Waals surface area contributed by atoms with Crippen molar-refractivity contribution in [2.24, 2.45) is 5.92 Å². The number of nitro benzene ring substituents is 1. The number of rotatable bonds is 4. The van der Waals surface area contributed by atoms with Crippen molar-refractivity contribution in [2.45, 2.75) is 19.4 Å². The number of nitrogens with zero attached hydrogens (tertiary/aromatic N) is 2. The van der Waals surface area contributed by atoms with Crippen molar-refractivity contribution < 1.29 is 14.8 Å². The maximum Gasteiger partial charge on any atom is 0.317 e. The van der Waals surface area contributed by atoms with Crippen LogP contribution < -0.4 is 5.32 Å². The highest BCUT2D eigenvalue weighted by atomic mass is 16.6. The van der Waals surface area contributed by atoms with Gasteiger partial charge in [-0.15, -0.1) is 0 Å². The van der Waals surface area contributed by atoms with E-state index < -0.39 is 4.92 Å². The summed E-state index contributed by atoms with van der Waals surface area (Å²) in [6.45, 7) is 1.38. The molecule has 1 aliphatic heterocycles. The predicted octanol–water partition coefficient (Wildman–Crippen LogP) is 1.51. The number of nitrogens with one attached hydrogen (secondary N) is 1. The van der Waals surface area contributed by atoms with Crippen molar-refractivity contribution in [3.05, 3.63) is 39.9 Å². The van der Waals surface area contributed by atoms with E-state index in [9.17, 15) is 14.9 Å². The van der Waals surface area contributed by atoms with Crippen LogP contribution in [0.4, 0.5) is 10.5 Å². The maximum atomic E-state index is 12.1. The van der Waals surface area contributed by atoms with E-state index in [1.165, 1.54) is 6.07 Å². The summed E-state index contributed by atoms with van der Waals surface area (Å²) in [5.74, 6) is 0.121. The van der Waals surface area contributed by atoms with Gasteiger partial charge in [-0.25, -0.2) is 4.79 Å². The largest absolute Gasteiger partial charge is 0.396 e. The number of piperidine rings is 1. The molecule has 1 aromatic rings. The number of likely N-dealkylation sites (tertiary alicyclic amines) is 1. The molecule has 1 heterocycles. The second kappa shape index (κ2) is 7.03. The normalized spacial score (nSPS) is 18.3. The van der Waals surface area contributed by atoms with E-state index in [0.717, 1.165) is 12.8 Å². The number of aliphatic hydroxyl groups excluding tert-OH is 1. The smallest absolute Gasteiger partial charge is 0.317 e. The molecular weight excluding hydrogens is 274 g/mol. The minimum absolute atomic E-state index is 0.00433. The molecule has 0 aromatic heterocycles. The van der Waals surface area contributed by atoms with Crippen LogP contribution in [0.1, 0.15) is 18.4 Å². The monoisotopic (exact) mass is 293 g/mol. The van der Waals surface area contributed by atoms with E-state index in [2.05, 4.69) is 5.32 Å². The Kier molecular flexibility index (Phi) is 5.10. The summed E-state index contributed by atoms with van der Waals surface area (Å²) in [6.07, 6.45) is 1.79. The maximum absolute atomic E-state index is 12.1. The first-order valence-electron chi connectivity index (χ1n) is 6.97. The lowest BCUT2D eigenvalue weighted by Crippen LogP contribution is -2.45. The lowest BCUT2D eigenvalue weighted by atomic mass is 9.99. The van der Waals surface area contributed by atoms with Crippen LogP contribution in [0.15, 0.2) is 24.3 Å². The number of carbonyl (C=O) groups excluding carboxylic acids is 1. The van der Waals surface area contributed by atoms with E-state index in [0.29, 0.717) is 18.7 Å². The van der Waals surface area contributed by atoms with Crippen LogP contribution in [0.25, 0.3) is 0 Å². The first-order chi connectivity index (χ1) is 10.1. The SMILES string of the molecule is O=C(NCc1ccccc1[N+](=O)[O-])N1CCCC(CO)C1. The number of carbonyl (C=O) groups is 1. The highest BCUT2D eigenvalue weighted by Crippen LogP contribution is 2.18. The number of para-hydroxylation sites is 1. The molecule has 0 spiro atoms. The van der Waals surface area contributed by atoms with Gasteiger partial charge < -0.3 is 15.3 Å². The van der Waals surface area contributed by atoms with Crippen molar-refractivity contribution in [3.63, 3.8) is 0 Å². The number of aliphatic hydroxyl groups is 1. The first-order valence-corrected chi connectivity index (χ1v) is 6.97. The van der Waals surface area contributed by atoms with Gasteiger partial charge in [0.15, 0.2) is 0 Å². The van der Waals surface area contributed by atoms with Crippen molar-refractivity contribution in [3.8, 4) is 0 Å². The van der Waals surface area contributed by atoms with Gasteiger partial charge in [-0.3, -0.25) is 10.1 Å². The molecule has 1 unspecified atom stereocenters. The van der Waals surface area contributed by atoms with Gasteiger partial charge in [-0.1, -0.05) is 18.2 Å². The molecule has 2 amide bonds. The Morgan fingerprint density at radius 3 is 2.95 bits per heavy atom. The lowest BCUT2D eigenvalue weighted by Gasteiger charge is -2.31. The van der Waals surface area contributed by atoms with Crippen LogP contribution in [0, 0.1) is 16.0 Å². The highest BCUT2D eigenvalue weighted by molar-refractivity contribution is 5.74. The van der Waals surface area contributed by atoms with Gasteiger partial charge in [0.25, 0.3) is 5.69 Å². The predicted molar refractivity (Wildman–Crippen MR) is 76.7 cm³/mol.